The lowest BCUT2D eigenvalue weighted by Crippen LogP contribution is -2.30. The summed E-state index contributed by atoms with van der Waals surface area (Å²) in [4.78, 5) is 7.72. The normalized spacial score (nSPS) is 18.2. The zero-order valence-electron chi connectivity index (χ0n) is 12.3. The van der Waals surface area contributed by atoms with Crippen molar-refractivity contribution in [2.24, 2.45) is 0 Å². The van der Waals surface area contributed by atoms with Crippen molar-refractivity contribution in [1.29, 1.82) is 0 Å². The molecule has 0 aliphatic carbocycles. The molecule has 0 saturated carbocycles. The Hall–Kier alpha value is -1.61. The number of hydrogen-bond acceptors (Lipinski definition) is 2. The standard InChI is InChI=1S/C17H23N3/c1-12(2)14-6-3-13(4-7-14)5-8-15-17-16(9-10-18-15)19-11-20-17/h3-4,6-7,11-12,15,18H,5,8-10H2,1-2H3,(H,19,20). The molecule has 3 rings (SSSR count). The van der Waals surface area contributed by atoms with Gasteiger partial charge in [0.15, 0.2) is 0 Å². The van der Waals surface area contributed by atoms with E-state index in [1.165, 1.54) is 22.5 Å². The summed E-state index contributed by atoms with van der Waals surface area (Å²) in [6.07, 6.45) is 5.10. The van der Waals surface area contributed by atoms with Crippen LogP contribution in [0.5, 0.6) is 0 Å². The molecule has 0 bridgehead atoms. The number of fused-ring (bicyclic) bond motifs is 1. The molecule has 0 radical (unpaired) electrons. The summed E-state index contributed by atoms with van der Waals surface area (Å²) in [5, 5.41) is 3.58. The average Bonchev–Trinajstić information content (AvgIpc) is 2.94. The molecule has 106 valence electrons. The Bertz CT molecular complexity index is 554. The third-order valence-corrected chi connectivity index (χ3v) is 4.22. The van der Waals surface area contributed by atoms with Gasteiger partial charge in [0.2, 0.25) is 0 Å². The van der Waals surface area contributed by atoms with Crippen molar-refractivity contribution in [3.8, 4) is 0 Å². The lowest BCUT2D eigenvalue weighted by molar-refractivity contribution is 0.464. The van der Waals surface area contributed by atoms with Gasteiger partial charge in [-0.15, -0.1) is 0 Å². The maximum Gasteiger partial charge on any atom is 0.0925 e. The van der Waals surface area contributed by atoms with E-state index >= 15 is 0 Å². The first-order valence-corrected chi connectivity index (χ1v) is 7.58. The third-order valence-electron chi connectivity index (χ3n) is 4.22. The summed E-state index contributed by atoms with van der Waals surface area (Å²) in [5.74, 6) is 0.607. The van der Waals surface area contributed by atoms with Gasteiger partial charge >= 0.3 is 0 Å². The first-order valence-electron chi connectivity index (χ1n) is 7.58. The quantitative estimate of drug-likeness (QED) is 0.893. The van der Waals surface area contributed by atoms with E-state index in [4.69, 9.17) is 0 Å². The van der Waals surface area contributed by atoms with E-state index in [9.17, 15) is 0 Å². The molecule has 1 atom stereocenters. The number of rotatable bonds is 4. The lowest BCUT2D eigenvalue weighted by Gasteiger charge is -2.23. The van der Waals surface area contributed by atoms with Crippen molar-refractivity contribution in [3.63, 3.8) is 0 Å². The van der Waals surface area contributed by atoms with E-state index < -0.39 is 0 Å². The van der Waals surface area contributed by atoms with Crippen LogP contribution in [0.3, 0.4) is 0 Å². The van der Waals surface area contributed by atoms with E-state index in [-0.39, 0.29) is 0 Å². The van der Waals surface area contributed by atoms with Gasteiger partial charge in [-0.25, -0.2) is 4.98 Å². The molecule has 2 N–H and O–H groups in total. The number of benzene rings is 1. The van der Waals surface area contributed by atoms with Gasteiger partial charge in [0, 0.05) is 18.7 Å². The molecule has 0 saturated heterocycles. The first kappa shape index (κ1) is 13.4. The first-order chi connectivity index (χ1) is 9.74. The Labute approximate surface area is 120 Å². The highest BCUT2D eigenvalue weighted by atomic mass is 15.0. The fraction of sp³-hybridized carbons (Fsp3) is 0.471. The molecule has 1 aliphatic heterocycles. The number of aryl methyl sites for hydroxylation is 1. The zero-order chi connectivity index (χ0) is 13.9. The highest BCUT2D eigenvalue weighted by Crippen LogP contribution is 2.24. The second-order valence-corrected chi connectivity index (χ2v) is 5.96. The van der Waals surface area contributed by atoms with Crippen LogP contribution >= 0.6 is 0 Å². The third kappa shape index (κ3) is 2.78. The van der Waals surface area contributed by atoms with Crippen LogP contribution in [-0.4, -0.2) is 16.5 Å². The van der Waals surface area contributed by atoms with Crippen LogP contribution in [0.15, 0.2) is 30.6 Å². The Morgan fingerprint density at radius 1 is 1.25 bits per heavy atom. The maximum absolute atomic E-state index is 4.47. The fourth-order valence-electron chi connectivity index (χ4n) is 2.92. The molecule has 1 unspecified atom stereocenters. The molecule has 2 aromatic rings. The molecule has 0 fully saturated rings. The second kappa shape index (κ2) is 5.80. The summed E-state index contributed by atoms with van der Waals surface area (Å²) >= 11 is 0. The molecule has 0 amide bonds. The molecular formula is C17H23N3. The van der Waals surface area contributed by atoms with Crippen molar-refractivity contribution in [2.45, 2.75) is 45.1 Å². The molecule has 0 spiro atoms. The highest BCUT2D eigenvalue weighted by molar-refractivity contribution is 5.25. The SMILES string of the molecule is CC(C)c1ccc(CCC2NCCc3[nH]cnc32)cc1. The minimum Gasteiger partial charge on any atom is -0.348 e. The minimum absolute atomic E-state index is 0.398. The smallest absolute Gasteiger partial charge is 0.0925 e. The fourth-order valence-corrected chi connectivity index (χ4v) is 2.92. The van der Waals surface area contributed by atoms with Gasteiger partial charge in [0.05, 0.1) is 18.1 Å². The van der Waals surface area contributed by atoms with Crippen molar-refractivity contribution < 1.29 is 0 Å². The van der Waals surface area contributed by atoms with Crippen LogP contribution < -0.4 is 5.32 Å². The van der Waals surface area contributed by atoms with Crippen LogP contribution in [0.4, 0.5) is 0 Å². The molecule has 20 heavy (non-hydrogen) atoms. The van der Waals surface area contributed by atoms with Crippen LogP contribution in [0.2, 0.25) is 0 Å². The van der Waals surface area contributed by atoms with Crippen LogP contribution in [-0.2, 0) is 12.8 Å². The number of imidazole rings is 1. The predicted molar refractivity (Wildman–Crippen MR) is 81.9 cm³/mol. The van der Waals surface area contributed by atoms with Gasteiger partial charge in [-0.05, 0) is 29.9 Å². The molecular weight excluding hydrogens is 246 g/mol. The molecule has 3 heteroatoms. The number of hydrogen-bond donors (Lipinski definition) is 2. The monoisotopic (exact) mass is 269 g/mol. The van der Waals surface area contributed by atoms with Crippen molar-refractivity contribution in [2.75, 3.05) is 6.54 Å². The Balaban J connectivity index is 1.63. The molecule has 3 nitrogen and oxygen atoms in total. The number of H-pyrrole nitrogens is 1. The van der Waals surface area contributed by atoms with Crippen molar-refractivity contribution in [1.82, 2.24) is 15.3 Å². The van der Waals surface area contributed by atoms with E-state index in [2.05, 4.69) is 53.4 Å². The molecule has 2 heterocycles. The van der Waals surface area contributed by atoms with E-state index in [0.29, 0.717) is 12.0 Å². The zero-order valence-corrected chi connectivity index (χ0v) is 12.3. The van der Waals surface area contributed by atoms with E-state index in [1.807, 2.05) is 6.33 Å². The summed E-state index contributed by atoms with van der Waals surface area (Å²) in [6.45, 7) is 5.52. The summed E-state index contributed by atoms with van der Waals surface area (Å²) < 4.78 is 0. The van der Waals surface area contributed by atoms with Crippen LogP contribution in [0.25, 0.3) is 0 Å². The van der Waals surface area contributed by atoms with Crippen LogP contribution in [0.1, 0.15) is 54.7 Å². The van der Waals surface area contributed by atoms with Gasteiger partial charge in [0.1, 0.15) is 0 Å². The number of nitrogens with zero attached hydrogens (tertiary/aromatic N) is 1. The second-order valence-electron chi connectivity index (χ2n) is 5.96. The molecule has 1 aromatic heterocycles. The van der Waals surface area contributed by atoms with Crippen molar-refractivity contribution >= 4 is 0 Å². The molecule has 1 aromatic carbocycles. The van der Waals surface area contributed by atoms with Crippen molar-refractivity contribution in [3.05, 3.63) is 53.1 Å². The van der Waals surface area contributed by atoms with Gasteiger partial charge < -0.3 is 10.3 Å². The Morgan fingerprint density at radius 2 is 2.05 bits per heavy atom. The van der Waals surface area contributed by atoms with Gasteiger partial charge in [-0.1, -0.05) is 38.1 Å². The maximum atomic E-state index is 4.47. The summed E-state index contributed by atoms with van der Waals surface area (Å²) in [5.41, 5.74) is 5.36. The average molecular weight is 269 g/mol. The highest BCUT2D eigenvalue weighted by Gasteiger charge is 2.21. The number of aromatic nitrogens is 2. The van der Waals surface area contributed by atoms with Gasteiger partial charge in [-0.3, -0.25) is 0 Å². The predicted octanol–water partition coefficient (Wildman–Crippen LogP) is 3.35. The Morgan fingerprint density at radius 3 is 2.80 bits per heavy atom. The summed E-state index contributed by atoms with van der Waals surface area (Å²) in [6, 6.07) is 9.45. The Kier molecular flexibility index (Phi) is 3.88. The van der Waals surface area contributed by atoms with Crippen LogP contribution in [0, 0.1) is 0 Å². The topological polar surface area (TPSA) is 40.7 Å². The van der Waals surface area contributed by atoms with E-state index in [1.54, 1.807) is 0 Å². The van der Waals surface area contributed by atoms with E-state index in [0.717, 1.165) is 25.8 Å². The van der Waals surface area contributed by atoms with Gasteiger partial charge in [0.25, 0.3) is 0 Å². The largest absolute Gasteiger partial charge is 0.348 e. The number of aromatic amines is 1. The lowest BCUT2D eigenvalue weighted by atomic mass is 9.96. The minimum atomic E-state index is 0.398. The van der Waals surface area contributed by atoms with Gasteiger partial charge in [-0.2, -0.15) is 0 Å². The number of nitrogens with one attached hydrogen (secondary N) is 2. The molecule has 1 aliphatic rings. The summed E-state index contributed by atoms with van der Waals surface area (Å²) in [7, 11) is 0.